The first kappa shape index (κ1) is 15.0. The topological polar surface area (TPSA) is 56.7 Å². The van der Waals surface area contributed by atoms with Gasteiger partial charge in [-0.25, -0.2) is 0 Å². The van der Waals surface area contributed by atoms with E-state index >= 15 is 0 Å². The number of carbonyl (C=O) groups is 1. The molecular formula is C16H10F3N3O. The van der Waals surface area contributed by atoms with Crippen LogP contribution in [0, 0.1) is 0 Å². The number of anilines is 1. The van der Waals surface area contributed by atoms with E-state index in [-0.39, 0.29) is 23.5 Å². The van der Waals surface area contributed by atoms with E-state index in [9.17, 15) is 18.0 Å². The second-order valence-corrected chi connectivity index (χ2v) is 5.03. The molecule has 0 saturated heterocycles. The van der Waals surface area contributed by atoms with E-state index in [1.54, 1.807) is 30.3 Å². The predicted octanol–water partition coefficient (Wildman–Crippen LogP) is 3.27. The summed E-state index contributed by atoms with van der Waals surface area (Å²) in [5.41, 5.74) is 8.07. The second-order valence-electron chi connectivity index (χ2n) is 5.03. The van der Waals surface area contributed by atoms with Crippen molar-refractivity contribution < 1.29 is 22.8 Å². The lowest BCUT2D eigenvalue weighted by Gasteiger charge is -2.20. The summed E-state index contributed by atoms with van der Waals surface area (Å²) >= 11 is 0. The molecule has 23 heavy (non-hydrogen) atoms. The van der Waals surface area contributed by atoms with Crippen LogP contribution in [0.4, 0.5) is 18.9 Å². The maximum atomic E-state index is 13.3. The number of hydrogen-bond donors (Lipinski definition) is 0. The largest absolute Gasteiger partial charge is 0.418 e. The summed E-state index contributed by atoms with van der Waals surface area (Å²) < 4.78 is 39.8. The minimum atomic E-state index is -4.62. The monoisotopic (exact) mass is 317 g/mol. The van der Waals surface area contributed by atoms with Gasteiger partial charge in [0.1, 0.15) is 0 Å². The van der Waals surface area contributed by atoms with E-state index in [1.807, 2.05) is 0 Å². The Balaban J connectivity index is 2.17. The fourth-order valence-electron chi connectivity index (χ4n) is 2.61. The van der Waals surface area contributed by atoms with Gasteiger partial charge in [0.05, 0.1) is 23.4 Å². The molecule has 1 amide bonds. The van der Waals surface area contributed by atoms with Gasteiger partial charge in [-0.2, -0.15) is 18.0 Å². The molecule has 0 aliphatic carbocycles. The number of fused-ring (bicyclic) bond motifs is 1. The number of nitrogens with zero attached hydrogens (tertiary/aromatic N) is 3. The Hall–Kier alpha value is -2.92. The molecule has 2 aromatic carbocycles. The zero-order valence-corrected chi connectivity index (χ0v) is 11.7. The molecule has 116 valence electrons. The van der Waals surface area contributed by atoms with Crippen molar-refractivity contribution in [2.24, 2.45) is 0 Å². The van der Waals surface area contributed by atoms with Crippen molar-refractivity contribution in [3.05, 3.63) is 70.8 Å². The van der Waals surface area contributed by atoms with Crippen LogP contribution in [0.3, 0.4) is 0 Å². The van der Waals surface area contributed by atoms with Crippen molar-refractivity contribution in [3.8, 4) is 0 Å². The number of alkyl halides is 3. The van der Waals surface area contributed by atoms with Crippen LogP contribution in [-0.2, 0) is 17.5 Å². The summed E-state index contributed by atoms with van der Waals surface area (Å²) in [6.07, 6.45) is -4.62. The SMILES string of the molecule is [N-]=[N+]=C1C(=O)N(Cc2ccccc2)c2c1cccc2C(F)(F)F. The maximum absolute atomic E-state index is 13.3. The molecule has 0 fully saturated rings. The minimum absolute atomic E-state index is 0.0248. The minimum Gasteiger partial charge on any atom is -0.361 e. The average Bonchev–Trinajstić information content (AvgIpc) is 2.79. The zero-order valence-electron chi connectivity index (χ0n) is 11.7. The summed E-state index contributed by atoms with van der Waals surface area (Å²) in [6.45, 7) is -0.0429. The lowest BCUT2D eigenvalue weighted by atomic mass is 10.1. The molecule has 1 aliphatic heterocycles. The number of amides is 1. The number of para-hydroxylation sites is 1. The fourth-order valence-corrected chi connectivity index (χ4v) is 2.61. The standard InChI is InChI=1S/C16H10F3N3O/c17-16(18,19)12-8-4-7-11-13(21-20)15(23)22(14(11)12)9-10-5-2-1-3-6-10/h1-8H,9H2. The summed E-state index contributed by atoms with van der Waals surface area (Å²) in [5.74, 6) is -0.761. The van der Waals surface area contributed by atoms with Crippen molar-refractivity contribution in [2.75, 3.05) is 4.90 Å². The van der Waals surface area contributed by atoms with Crippen LogP contribution in [0.1, 0.15) is 16.7 Å². The van der Waals surface area contributed by atoms with Gasteiger partial charge < -0.3 is 5.53 Å². The highest BCUT2D eigenvalue weighted by Gasteiger charge is 2.46. The van der Waals surface area contributed by atoms with Gasteiger partial charge in [-0.15, -0.1) is 0 Å². The summed E-state index contributed by atoms with van der Waals surface area (Å²) in [6, 6.07) is 12.1. The highest BCUT2D eigenvalue weighted by molar-refractivity contribution is 6.52. The number of rotatable bonds is 2. The van der Waals surface area contributed by atoms with E-state index in [0.717, 1.165) is 11.0 Å². The first-order valence-electron chi connectivity index (χ1n) is 6.72. The molecule has 3 rings (SSSR count). The number of halogens is 3. The van der Waals surface area contributed by atoms with Gasteiger partial charge in [0.15, 0.2) is 0 Å². The van der Waals surface area contributed by atoms with Crippen LogP contribution in [0.25, 0.3) is 5.53 Å². The summed E-state index contributed by atoms with van der Waals surface area (Å²) in [4.78, 5) is 16.2. The first-order chi connectivity index (χ1) is 10.9. The van der Waals surface area contributed by atoms with E-state index in [2.05, 4.69) is 4.79 Å². The quantitative estimate of drug-likeness (QED) is 0.619. The Bertz CT molecular complexity index is 824. The predicted molar refractivity (Wildman–Crippen MR) is 76.8 cm³/mol. The lowest BCUT2D eigenvalue weighted by Crippen LogP contribution is -2.31. The van der Waals surface area contributed by atoms with Crippen molar-refractivity contribution >= 4 is 17.3 Å². The van der Waals surface area contributed by atoms with Gasteiger partial charge in [0.2, 0.25) is 0 Å². The highest BCUT2D eigenvalue weighted by Crippen LogP contribution is 2.42. The van der Waals surface area contributed by atoms with Crippen LogP contribution in [0.5, 0.6) is 0 Å². The van der Waals surface area contributed by atoms with Crippen LogP contribution in [-0.4, -0.2) is 16.4 Å². The molecule has 0 bridgehead atoms. The smallest absolute Gasteiger partial charge is 0.361 e. The van der Waals surface area contributed by atoms with E-state index in [1.165, 1.54) is 12.1 Å². The summed E-state index contributed by atoms with van der Waals surface area (Å²) in [7, 11) is 0. The molecule has 1 heterocycles. The molecule has 0 N–H and O–H groups in total. The van der Waals surface area contributed by atoms with Crippen molar-refractivity contribution in [1.82, 2.24) is 0 Å². The van der Waals surface area contributed by atoms with Gasteiger partial charge in [0, 0.05) is 0 Å². The van der Waals surface area contributed by atoms with E-state index in [0.29, 0.717) is 5.56 Å². The molecule has 1 aliphatic rings. The van der Waals surface area contributed by atoms with E-state index in [4.69, 9.17) is 5.53 Å². The van der Waals surface area contributed by atoms with Gasteiger partial charge in [0.25, 0.3) is 0 Å². The molecule has 0 unspecified atom stereocenters. The molecule has 0 spiro atoms. The van der Waals surface area contributed by atoms with E-state index < -0.39 is 17.6 Å². The van der Waals surface area contributed by atoms with Crippen molar-refractivity contribution in [1.29, 1.82) is 0 Å². The first-order valence-corrected chi connectivity index (χ1v) is 6.72. The Morgan fingerprint density at radius 2 is 1.74 bits per heavy atom. The summed E-state index contributed by atoms with van der Waals surface area (Å²) in [5, 5.41) is 0. The fraction of sp³-hybridized carbons (Fsp3) is 0.125. The van der Waals surface area contributed by atoms with Crippen LogP contribution in [0.2, 0.25) is 0 Å². The zero-order chi connectivity index (χ0) is 16.6. The molecule has 4 nitrogen and oxygen atoms in total. The third-order valence-corrected chi connectivity index (χ3v) is 3.60. The second kappa shape index (κ2) is 5.37. The Morgan fingerprint density at radius 1 is 1.04 bits per heavy atom. The van der Waals surface area contributed by atoms with Gasteiger partial charge in [-0.1, -0.05) is 36.4 Å². The Morgan fingerprint density at radius 3 is 2.35 bits per heavy atom. The maximum Gasteiger partial charge on any atom is 0.418 e. The van der Waals surface area contributed by atoms with Crippen molar-refractivity contribution in [2.45, 2.75) is 12.7 Å². The molecule has 7 heteroatoms. The molecule has 0 atom stereocenters. The Labute approximate surface area is 129 Å². The molecule has 2 aromatic rings. The lowest BCUT2D eigenvalue weighted by molar-refractivity contribution is -0.137. The van der Waals surface area contributed by atoms with Gasteiger partial charge >= 0.3 is 17.8 Å². The molecular weight excluding hydrogens is 307 g/mol. The van der Waals surface area contributed by atoms with Crippen LogP contribution in [0.15, 0.2) is 48.5 Å². The van der Waals surface area contributed by atoms with Gasteiger partial charge in [-0.3, -0.25) is 9.69 Å². The Kier molecular flexibility index (Phi) is 3.50. The third-order valence-electron chi connectivity index (χ3n) is 3.60. The number of benzene rings is 2. The third kappa shape index (κ3) is 2.51. The number of hydrogen-bond acceptors (Lipinski definition) is 1. The van der Waals surface area contributed by atoms with Crippen LogP contribution < -0.4 is 4.90 Å². The highest BCUT2D eigenvalue weighted by atomic mass is 19.4. The van der Waals surface area contributed by atoms with Crippen LogP contribution >= 0.6 is 0 Å². The number of carbonyl (C=O) groups excluding carboxylic acids is 1. The normalized spacial score (nSPS) is 14.0. The average molecular weight is 317 g/mol. The van der Waals surface area contributed by atoms with Gasteiger partial charge in [-0.05, 0) is 17.7 Å². The molecule has 0 saturated carbocycles. The molecule has 0 aromatic heterocycles. The molecule has 0 radical (unpaired) electrons. The van der Waals surface area contributed by atoms with Crippen molar-refractivity contribution in [3.63, 3.8) is 0 Å².